The lowest BCUT2D eigenvalue weighted by Gasteiger charge is -2.08. The zero-order chi connectivity index (χ0) is 21.9. The molecule has 1 aromatic heterocycles. The Morgan fingerprint density at radius 1 is 1.17 bits per heavy atom. The topological polar surface area (TPSA) is 54.5 Å². The fourth-order valence-corrected chi connectivity index (χ4v) is 4.00. The van der Waals surface area contributed by atoms with Crippen LogP contribution in [0.5, 0.6) is 0 Å². The van der Waals surface area contributed by atoms with E-state index in [1.807, 2.05) is 0 Å². The summed E-state index contributed by atoms with van der Waals surface area (Å²) in [5.41, 5.74) is 1.37. The molecular weight excluding hydrogens is 413 g/mol. The van der Waals surface area contributed by atoms with Gasteiger partial charge < -0.3 is 4.74 Å². The van der Waals surface area contributed by atoms with Gasteiger partial charge in [-0.2, -0.15) is 18.4 Å². The number of rotatable bonds is 4. The van der Waals surface area contributed by atoms with Crippen LogP contribution in [0.1, 0.15) is 27.0 Å². The Morgan fingerprint density at radius 2 is 1.80 bits per heavy atom. The van der Waals surface area contributed by atoms with Crippen molar-refractivity contribution < 1.29 is 22.7 Å². The molecule has 2 aromatic carbocycles. The van der Waals surface area contributed by atoms with E-state index in [9.17, 15) is 23.2 Å². The molecule has 0 N–H and O–H groups in total. The van der Waals surface area contributed by atoms with Gasteiger partial charge in [-0.3, -0.25) is 0 Å². The molecule has 150 valence electrons. The summed E-state index contributed by atoms with van der Waals surface area (Å²) in [5, 5.41) is 9.27. The second-order valence-electron chi connectivity index (χ2n) is 6.05. The van der Waals surface area contributed by atoms with Gasteiger partial charge in [0.25, 0.3) is 0 Å². The first-order valence-electron chi connectivity index (χ1n) is 8.70. The van der Waals surface area contributed by atoms with Gasteiger partial charge in [0, 0.05) is 5.56 Å². The molecule has 0 spiro atoms. The van der Waals surface area contributed by atoms with Gasteiger partial charge in [-0.25, -0.2) is 9.64 Å². The van der Waals surface area contributed by atoms with Gasteiger partial charge >= 0.3 is 12.1 Å². The summed E-state index contributed by atoms with van der Waals surface area (Å²) in [7, 11) is 0. The fraction of sp³-hybridized carbons (Fsp3) is 0.136. The predicted molar refractivity (Wildman–Crippen MR) is 107 cm³/mol. The number of hydrogen-bond donors (Lipinski definition) is 0. The van der Waals surface area contributed by atoms with Gasteiger partial charge in [0.05, 0.1) is 24.8 Å². The van der Waals surface area contributed by atoms with Crippen LogP contribution in [-0.2, 0) is 10.9 Å². The van der Waals surface area contributed by atoms with Crippen LogP contribution >= 0.6 is 11.3 Å². The van der Waals surface area contributed by atoms with Gasteiger partial charge in [0.2, 0.25) is 5.69 Å². The predicted octanol–water partition coefficient (Wildman–Crippen LogP) is 6.70. The minimum absolute atomic E-state index is 0.00520. The Morgan fingerprint density at radius 3 is 2.37 bits per heavy atom. The van der Waals surface area contributed by atoms with E-state index in [4.69, 9.17) is 11.3 Å². The number of nitriles is 1. The molecule has 0 radical (unpaired) electrons. The summed E-state index contributed by atoms with van der Waals surface area (Å²) in [6.45, 7) is 8.83. The van der Waals surface area contributed by atoms with Crippen molar-refractivity contribution in [2.45, 2.75) is 13.1 Å². The van der Waals surface area contributed by atoms with E-state index in [0.717, 1.165) is 0 Å². The maximum Gasteiger partial charge on any atom is 0.416 e. The van der Waals surface area contributed by atoms with Gasteiger partial charge in [-0.05, 0) is 29.7 Å². The standard InChI is InChI=1S/C22H13F3N2O2S/c1-3-29-21(28)19-17(18(27-2)20(30-19)22(23,24)25)14-10-8-13(9-11-14)16-7-5-4-6-15(16)12-26/h4-11H,3H2,1H3. The number of nitrogens with zero attached hydrogens (tertiary/aromatic N) is 2. The highest BCUT2D eigenvalue weighted by atomic mass is 32.1. The third kappa shape index (κ3) is 3.91. The molecule has 30 heavy (non-hydrogen) atoms. The summed E-state index contributed by atoms with van der Waals surface area (Å²) in [5.74, 6) is -0.906. The molecule has 0 aliphatic rings. The number of thiophene rings is 1. The molecular formula is C22H13F3N2O2S. The van der Waals surface area contributed by atoms with E-state index in [1.165, 1.54) is 12.1 Å². The summed E-state index contributed by atoms with van der Waals surface area (Å²) in [4.78, 5) is 14.0. The number of esters is 1. The Hall–Kier alpha value is -3.62. The lowest BCUT2D eigenvalue weighted by Crippen LogP contribution is -2.03. The number of carbonyl (C=O) groups is 1. The molecule has 0 unspecified atom stereocenters. The van der Waals surface area contributed by atoms with Gasteiger partial charge in [-0.15, -0.1) is 11.3 Å². The third-order valence-corrected chi connectivity index (χ3v) is 5.45. The first-order valence-corrected chi connectivity index (χ1v) is 9.52. The van der Waals surface area contributed by atoms with Crippen LogP contribution in [0.15, 0.2) is 48.5 Å². The van der Waals surface area contributed by atoms with Crippen LogP contribution < -0.4 is 0 Å². The number of benzene rings is 2. The van der Waals surface area contributed by atoms with Crippen LogP contribution in [0.4, 0.5) is 18.9 Å². The van der Waals surface area contributed by atoms with Crippen LogP contribution in [0.25, 0.3) is 27.1 Å². The van der Waals surface area contributed by atoms with Gasteiger partial charge in [0.1, 0.15) is 9.75 Å². The monoisotopic (exact) mass is 426 g/mol. The van der Waals surface area contributed by atoms with Crippen molar-refractivity contribution in [3.63, 3.8) is 0 Å². The molecule has 0 fully saturated rings. The zero-order valence-electron chi connectivity index (χ0n) is 15.6. The minimum atomic E-state index is -4.77. The average molecular weight is 426 g/mol. The van der Waals surface area contributed by atoms with E-state index >= 15 is 0 Å². The molecule has 0 aliphatic carbocycles. The van der Waals surface area contributed by atoms with Crippen molar-refractivity contribution in [2.75, 3.05) is 6.61 Å². The molecule has 0 amide bonds. The molecule has 0 saturated carbocycles. The van der Waals surface area contributed by atoms with Gasteiger partial charge in [0.15, 0.2) is 0 Å². The molecule has 1 heterocycles. The summed E-state index contributed by atoms with van der Waals surface area (Å²) < 4.78 is 45.2. The molecule has 3 rings (SSSR count). The van der Waals surface area contributed by atoms with E-state index in [1.54, 1.807) is 43.3 Å². The van der Waals surface area contributed by atoms with E-state index in [2.05, 4.69) is 10.9 Å². The number of alkyl halides is 3. The minimum Gasteiger partial charge on any atom is -0.462 e. The van der Waals surface area contributed by atoms with E-state index in [-0.39, 0.29) is 33.9 Å². The van der Waals surface area contributed by atoms with E-state index < -0.39 is 22.7 Å². The fourth-order valence-electron chi connectivity index (χ4n) is 2.98. The van der Waals surface area contributed by atoms with Crippen molar-refractivity contribution in [3.05, 3.63) is 75.3 Å². The Kier molecular flexibility index (Phi) is 5.91. The average Bonchev–Trinajstić information content (AvgIpc) is 3.14. The van der Waals surface area contributed by atoms with Crippen LogP contribution in [0.3, 0.4) is 0 Å². The maximum absolute atomic E-state index is 13.4. The smallest absolute Gasteiger partial charge is 0.416 e. The number of halogens is 3. The summed E-state index contributed by atoms with van der Waals surface area (Å²) in [6.07, 6.45) is -4.77. The van der Waals surface area contributed by atoms with Crippen molar-refractivity contribution in [3.8, 4) is 28.3 Å². The Bertz CT molecular complexity index is 1180. The SMILES string of the molecule is [C-]#[N+]c1c(C(F)(F)F)sc(C(=O)OCC)c1-c1ccc(-c2ccccc2C#N)cc1. The molecule has 0 aliphatic heterocycles. The second-order valence-corrected chi connectivity index (χ2v) is 7.07. The Labute approximate surface area is 174 Å². The van der Waals surface area contributed by atoms with Crippen LogP contribution in [0.2, 0.25) is 0 Å². The highest BCUT2D eigenvalue weighted by Gasteiger charge is 2.40. The largest absolute Gasteiger partial charge is 0.462 e. The van der Waals surface area contributed by atoms with Crippen molar-refractivity contribution in [1.29, 1.82) is 5.26 Å². The van der Waals surface area contributed by atoms with Crippen molar-refractivity contribution in [1.82, 2.24) is 0 Å². The highest BCUT2D eigenvalue weighted by Crippen LogP contribution is 2.50. The molecule has 0 bridgehead atoms. The quantitative estimate of drug-likeness (QED) is 0.345. The lowest BCUT2D eigenvalue weighted by molar-refractivity contribution is -0.133. The first-order chi connectivity index (χ1) is 14.3. The molecule has 3 aromatic rings. The normalized spacial score (nSPS) is 10.9. The number of ether oxygens (including phenoxy) is 1. The molecule has 4 nitrogen and oxygen atoms in total. The first kappa shape index (κ1) is 21.1. The number of hydrogen-bond acceptors (Lipinski definition) is 4. The Balaban J connectivity index is 2.17. The summed E-state index contributed by atoms with van der Waals surface area (Å²) >= 11 is 0.211. The van der Waals surface area contributed by atoms with Crippen LogP contribution in [0, 0.1) is 17.9 Å². The molecule has 0 atom stereocenters. The highest BCUT2D eigenvalue weighted by molar-refractivity contribution is 7.15. The van der Waals surface area contributed by atoms with Crippen LogP contribution in [-0.4, -0.2) is 12.6 Å². The van der Waals surface area contributed by atoms with Gasteiger partial charge in [-0.1, -0.05) is 42.5 Å². The van der Waals surface area contributed by atoms with E-state index in [0.29, 0.717) is 16.7 Å². The van der Waals surface area contributed by atoms with Crippen molar-refractivity contribution >= 4 is 23.0 Å². The number of carbonyl (C=O) groups excluding carboxylic acids is 1. The second kappa shape index (κ2) is 8.40. The van der Waals surface area contributed by atoms with Crippen molar-refractivity contribution in [2.24, 2.45) is 0 Å². The third-order valence-electron chi connectivity index (χ3n) is 4.25. The maximum atomic E-state index is 13.4. The summed E-state index contributed by atoms with van der Waals surface area (Å²) in [6, 6.07) is 15.4. The zero-order valence-corrected chi connectivity index (χ0v) is 16.4. The molecule has 8 heteroatoms. The lowest BCUT2D eigenvalue weighted by atomic mass is 9.97. The molecule has 0 saturated heterocycles.